The van der Waals surface area contributed by atoms with Gasteiger partial charge in [-0.2, -0.15) is 5.10 Å². The van der Waals surface area contributed by atoms with Crippen molar-refractivity contribution in [1.29, 1.82) is 0 Å². The van der Waals surface area contributed by atoms with Gasteiger partial charge in [-0.05, 0) is 41.6 Å². The SMILES string of the molecule is CC(CO)(NC(=O)c1cnn2cc(Br)cnc12)C1CC1. The van der Waals surface area contributed by atoms with Gasteiger partial charge >= 0.3 is 0 Å². The van der Waals surface area contributed by atoms with Crippen molar-refractivity contribution in [2.24, 2.45) is 5.92 Å². The first kappa shape index (κ1) is 13.5. The van der Waals surface area contributed by atoms with Gasteiger partial charge in [-0.25, -0.2) is 9.50 Å². The molecule has 1 aliphatic rings. The molecule has 2 N–H and O–H groups in total. The smallest absolute Gasteiger partial charge is 0.257 e. The number of nitrogens with zero attached hydrogens (tertiary/aromatic N) is 3. The summed E-state index contributed by atoms with van der Waals surface area (Å²) in [5.74, 6) is 0.0960. The Morgan fingerprint density at radius 3 is 3.00 bits per heavy atom. The highest BCUT2D eigenvalue weighted by Crippen LogP contribution is 2.39. The van der Waals surface area contributed by atoms with Crippen molar-refractivity contribution in [2.45, 2.75) is 25.3 Å². The molecule has 1 amide bonds. The fourth-order valence-corrected chi connectivity index (χ4v) is 2.63. The van der Waals surface area contributed by atoms with Gasteiger partial charge in [0.15, 0.2) is 5.65 Å². The van der Waals surface area contributed by atoms with Crippen LogP contribution in [0, 0.1) is 5.92 Å². The van der Waals surface area contributed by atoms with Gasteiger partial charge in [-0.1, -0.05) is 0 Å². The zero-order chi connectivity index (χ0) is 14.3. The van der Waals surface area contributed by atoms with E-state index < -0.39 is 5.54 Å². The van der Waals surface area contributed by atoms with E-state index in [2.05, 4.69) is 31.3 Å². The summed E-state index contributed by atoms with van der Waals surface area (Å²) in [5, 5.41) is 16.6. The molecule has 7 heteroatoms. The molecule has 1 fully saturated rings. The van der Waals surface area contributed by atoms with Crippen molar-refractivity contribution < 1.29 is 9.90 Å². The Kier molecular flexibility index (Phi) is 3.25. The second-order valence-corrected chi connectivity index (χ2v) is 6.32. The minimum absolute atomic E-state index is 0.0679. The Bertz CT molecular complexity index is 667. The Balaban J connectivity index is 1.89. The van der Waals surface area contributed by atoms with Crippen LogP contribution in [0.25, 0.3) is 5.65 Å². The van der Waals surface area contributed by atoms with Crippen molar-refractivity contribution in [3.63, 3.8) is 0 Å². The van der Waals surface area contributed by atoms with Crippen LogP contribution in [0.4, 0.5) is 0 Å². The zero-order valence-corrected chi connectivity index (χ0v) is 12.6. The first-order valence-electron chi connectivity index (χ1n) is 6.46. The summed E-state index contributed by atoms with van der Waals surface area (Å²) >= 11 is 3.31. The molecule has 0 saturated heterocycles. The van der Waals surface area contributed by atoms with Crippen molar-refractivity contribution in [1.82, 2.24) is 19.9 Å². The predicted molar refractivity (Wildman–Crippen MR) is 76.4 cm³/mol. The summed E-state index contributed by atoms with van der Waals surface area (Å²) < 4.78 is 2.34. The number of aliphatic hydroxyl groups is 1. The second kappa shape index (κ2) is 4.82. The van der Waals surface area contributed by atoms with Gasteiger partial charge < -0.3 is 10.4 Å². The van der Waals surface area contributed by atoms with Gasteiger partial charge in [0.05, 0.1) is 22.8 Å². The van der Waals surface area contributed by atoms with E-state index >= 15 is 0 Å². The average molecular weight is 339 g/mol. The molecule has 2 heterocycles. The van der Waals surface area contributed by atoms with Gasteiger partial charge in [-0.15, -0.1) is 0 Å². The Morgan fingerprint density at radius 1 is 1.60 bits per heavy atom. The lowest BCUT2D eigenvalue weighted by atomic mass is 9.96. The molecule has 1 aliphatic carbocycles. The summed E-state index contributed by atoms with van der Waals surface area (Å²) in [6.45, 7) is 1.81. The monoisotopic (exact) mass is 338 g/mol. The van der Waals surface area contributed by atoms with Crippen LogP contribution in [0.3, 0.4) is 0 Å². The maximum Gasteiger partial charge on any atom is 0.257 e. The van der Waals surface area contributed by atoms with Gasteiger partial charge in [0, 0.05) is 12.4 Å². The standard InChI is InChI=1S/C13H15BrN4O2/c1-13(7-19,8-2-3-8)17-12(20)10-5-16-18-6-9(14)4-15-11(10)18/h4-6,8,19H,2-3,7H2,1H3,(H,17,20). The number of hydrogen-bond donors (Lipinski definition) is 2. The van der Waals surface area contributed by atoms with E-state index in [0.29, 0.717) is 17.1 Å². The summed E-state index contributed by atoms with van der Waals surface area (Å²) in [7, 11) is 0. The van der Waals surface area contributed by atoms with Gasteiger partial charge in [0.25, 0.3) is 5.91 Å². The molecule has 2 aromatic rings. The normalized spacial score (nSPS) is 17.9. The van der Waals surface area contributed by atoms with E-state index in [1.165, 1.54) is 6.20 Å². The molecule has 1 saturated carbocycles. The number of fused-ring (bicyclic) bond motifs is 1. The van der Waals surface area contributed by atoms with E-state index in [1.807, 2.05) is 6.92 Å². The van der Waals surface area contributed by atoms with E-state index in [1.54, 1.807) is 16.9 Å². The molecule has 106 valence electrons. The molecule has 0 bridgehead atoms. The molecule has 1 atom stereocenters. The number of rotatable bonds is 4. The number of hydrogen-bond acceptors (Lipinski definition) is 4. The Morgan fingerprint density at radius 2 is 2.35 bits per heavy atom. The fraction of sp³-hybridized carbons (Fsp3) is 0.462. The lowest BCUT2D eigenvalue weighted by Gasteiger charge is -2.28. The third-order valence-electron chi connectivity index (χ3n) is 3.78. The summed E-state index contributed by atoms with van der Waals surface area (Å²) in [5.41, 5.74) is 0.348. The number of nitrogens with one attached hydrogen (secondary N) is 1. The molecule has 0 aromatic carbocycles. The van der Waals surface area contributed by atoms with E-state index in [4.69, 9.17) is 0 Å². The highest BCUT2D eigenvalue weighted by Gasteiger charge is 2.42. The minimum Gasteiger partial charge on any atom is -0.394 e. The summed E-state index contributed by atoms with van der Waals surface area (Å²) in [6, 6.07) is 0. The van der Waals surface area contributed by atoms with Gasteiger partial charge in [0.2, 0.25) is 0 Å². The first-order chi connectivity index (χ1) is 9.53. The van der Waals surface area contributed by atoms with Gasteiger partial charge in [0.1, 0.15) is 5.56 Å². The Labute approximate surface area is 124 Å². The first-order valence-corrected chi connectivity index (χ1v) is 7.25. The van der Waals surface area contributed by atoms with Crippen LogP contribution < -0.4 is 5.32 Å². The van der Waals surface area contributed by atoms with Crippen LogP contribution in [-0.2, 0) is 0 Å². The molecule has 0 aliphatic heterocycles. The molecule has 20 heavy (non-hydrogen) atoms. The van der Waals surface area contributed by atoms with Gasteiger partial charge in [-0.3, -0.25) is 4.79 Å². The Hall–Kier alpha value is -1.47. The van der Waals surface area contributed by atoms with Crippen LogP contribution in [0.15, 0.2) is 23.1 Å². The minimum atomic E-state index is -0.569. The number of amides is 1. The van der Waals surface area contributed by atoms with E-state index in [0.717, 1.165) is 17.3 Å². The number of halogens is 1. The largest absolute Gasteiger partial charge is 0.394 e. The second-order valence-electron chi connectivity index (χ2n) is 5.40. The highest BCUT2D eigenvalue weighted by molar-refractivity contribution is 9.10. The van der Waals surface area contributed by atoms with Crippen molar-refractivity contribution in [2.75, 3.05) is 6.61 Å². The van der Waals surface area contributed by atoms with E-state index in [9.17, 15) is 9.90 Å². The molecular weight excluding hydrogens is 324 g/mol. The average Bonchev–Trinajstić information content (AvgIpc) is 3.19. The number of aromatic nitrogens is 3. The van der Waals surface area contributed by atoms with E-state index in [-0.39, 0.29) is 12.5 Å². The third kappa shape index (κ3) is 2.31. The topological polar surface area (TPSA) is 79.5 Å². The number of carbonyl (C=O) groups excluding carboxylic acids is 1. The maximum absolute atomic E-state index is 12.4. The molecule has 0 radical (unpaired) electrons. The predicted octanol–water partition coefficient (Wildman–Crippen LogP) is 1.38. The zero-order valence-electron chi connectivity index (χ0n) is 11.0. The summed E-state index contributed by atoms with van der Waals surface area (Å²) in [6.07, 6.45) is 6.94. The summed E-state index contributed by atoms with van der Waals surface area (Å²) in [4.78, 5) is 16.6. The van der Waals surface area contributed by atoms with Crippen LogP contribution in [0.1, 0.15) is 30.1 Å². The molecule has 3 rings (SSSR count). The maximum atomic E-state index is 12.4. The third-order valence-corrected chi connectivity index (χ3v) is 4.18. The van der Waals surface area contributed by atoms with Crippen LogP contribution >= 0.6 is 15.9 Å². The number of aliphatic hydroxyl groups excluding tert-OH is 1. The van der Waals surface area contributed by atoms with Crippen molar-refractivity contribution in [3.05, 3.63) is 28.6 Å². The fourth-order valence-electron chi connectivity index (χ4n) is 2.33. The quantitative estimate of drug-likeness (QED) is 0.882. The molecule has 1 unspecified atom stereocenters. The van der Waals surface area contributed by atoms with Crippen molar-refractivity contribution in [3.8, 4) is 0 Å². The molecular formula is C13H15BrN4O2. The molecule has 0 spiro atoms. The highest BCUT2D eigenvalue weighted by atomic mass is 79.9. The van der Waals surface area contributed by atoms with Crippen LogP contribution in [-0.4, -0.2) is 37.8 Å². The van der Waals surface area contributed by atoms with Crippen LogP contribution in [0.2, 0.25) is 0 Å². The van der Waals surface area contributed by atoms with Crippen molar-refractivity contribution >= 4 is 27.5 Å². The lowest BCUT2D eigenvalue weighted by molar-refractivity contribution is 0.0826. The molecule has 6 nitrogen and oxygen atoms in total. The number of carbonyl (C=O) groups is 1. The molecule has 2 aromatic heterocycles. The van der Waals surface area contributed by atoms with Crippen LogP contribution in [0.5, 0.6) is 0 Å². The lowest BCUT2D eigenvalue weighted by Crippen LogP contribution is -2.50.